The molecule has 0 bridgehead atoms. The molecule has 2 aromatic carbocycles. The van der Waals surface area contributed by atoms with Crippen LogP contribution in [0.2, 0.25) is 0 Å². The first-order valence-electron chi connectivity index (χ1n) is 11.0. The predicted octanol–water partition coefficient (Wildman–Crippen LogP) is 3.83. The van der Waals surface area contributed by atoms with Crippen LogP contribution in [0, 0.1) is 0 Å². The van der Waals surface area contributed by atoms with Gasteiger partial charge in [-0.1, -0.05) is 36.4 Å². The highest BCUT2D eigenvalue weighted by molar-refractivity contribution is 7.90. The normalized spacial score (nSPS) is 15.3. The van der Waals surface area contributed by atoms with Crippen molar-refractivity contribution in [2.45, 2.75) is 29.5 Å². The number of benzene rings is 2. The van der Waals surface area contributed by atoms with Crippen molar-refractivity contribution >= 4 is 15.7 Å². The molecular weight excluding hydrogens is 440 g/mol. The molecule has 1 amide bonds. The van der Waals surface area contributed by atoms with Gasteiger partial charge in [-0.05, 0) is 56.3 Å². The third-order valence-corrected chi connectivity index (χ3v) is 7.51. The number of carbonyl (C=O) groups excluding carboxylic acids is 1. The van der Waals surface area contributed by atoms with E-state index in [1.165, 1.54) is 12.1 Å². The van der Waals surface area contributed by atoms with Crippen LogP contribution < -0.4 is 10.1 Å². The molecule has 0 aliphatic carbocycles. The Morgan fingerprint density at radius 2 is 1.73 bits per heavy atom. The van der Waals surface area contributed by atoms with Crippen molar-refractivity contribution in [3.8, 4) is 5.75 Å². The summed E-state index contributed by atoms with van der Waals surface area (Å²) in [7, 11) is -1.91. The standard InChI is InChI=1S/C25H28N2O5S/c1-31-23-12-6-5-11-21(23)22(27-15-7-8-16-27)17-26-25(28)24-14-13-19(32-24)18-33(29,30)20-9-3-2-4-10-20/h2-6,9-14,22H,7-8,15-18H2,1H3,(H,26,28). The van der Waals surface area contributed by atoms with Crippen LogP contribution in [-0.4, -0.2) is 46.0 Å². The minimum Gasteiger partial charge on any atom is -0.496 e. The first-order valence-corrected chi connectivity index (χ1v) is 12.6. The molecule has 33 heavy (non-hydrogen) atoms. The fraction of sp³-hybridized carbons (Fsp3) is 0.320. The fourth-order valence-electron chi connectivity index (χ4n) is 4.18. The van der Waals surface area contributed by atoms with Crippen LogP contribution in [0.4, 0.5) is 0 Å². The number of methoxy groups -OCH3 is 1. The topological polar surface area (TPSA) is 88.8 Å². The van der Waals surface area contributed by atoms with Gasteiger partial charge in [-0.25, -0.2) is 8.42 Å². The molecule has 1 aliphatic heterocycles. The lowest BCUT2D eigenvalue weighted by Gasteiger charge is -2.29. The van der Waals surface area contributed by atoms with Gasteiger partial charge >= 0.3 is 0 Å². The van der Waals surface area contributed by atoms with Crippen molar-refractivity contribution in [3.63, 3.8) is 0 Å². The van der Waals surface area contributed by atoms with Crippen molar-refractivity contribution in [2.24, 2.45) is 0 Å². The van der Waals surface area contributed by atoms with Crippen LogP contribution in [0.25, 0.3) is 0 Å². The number of likely N-dealkylation sites (tertiary alicyclic amines) is 1. The Hall–Kier alpha value is -3.10. The molecule has 1 unspecified atom stereocenters. The van der Waals surface area contributed by atoms with Crippen molar-refractivity contribution in [2.75, 3.05) is 26.7 Å². The van der Waals surface area contributed by atoms with Gasteiger partial charge in [-0.15, -0.1) is 0 Å². The molecule has 2 heterocycles. The first kappa shape index (κ1) is 23.1. The zero-order chi connectivity index (χ0) is 23.3. The summed E-state index contributed by atoms with van der Waals surface area (Å²) in [5.41, 5.74) is 1.02. The lowest BCUT2D eigenvalue weighted by molar-refractivity contribution is 0.0908. The number of amides is 1. The molecule has 1 atom stereocenters. The quantitative estimate of drug-likeness (QED) is 0.514. The second-order valence-corrected chi connectivity index (χ2v) is 10.0. The summed E-state index contributed by atoms with van der Waals surface area (Å²) in [4.78, 5) is 15.4. The number of nitrogens with one attached hydrogen (secondary N) is 1. The molecule has 7 nitrogen and oxygen atoms in total. The second-order valence-electron chi connectivity index (χ2n) is 8.05. The number of rotatable bonds is 9. The summed E-state index contributed by atoms with van der Waals surface area (Å²) < 4.78 is 36.3. The van der Waals surface area contributed by atoms with Gasteiger partial charge in [0.1, 0.15) is 17.3 Å². The maximum atomic E-state index is 12.8. The Morgan fingerprint density at radius 1 is 1.03 bits per heavy atom. The fourth-order valence-corrected chi connectivity index (χ4v) is 5.45. The van der Waals surface area contributed by atoms with Crippen molar-refractivity contribution in [1.29, 1.82) is 0 Å². The van der Waals surface area contributed by atoms with Crippen LogP contribution in [0.15, 0.2) is 76.0 Å². The third-order valence-electron chi connectivity index (χ3n) is 5.86. The van der Waals surface area contributed by atoms with Crippen molar-refractivity contribution in [1.82, 2.24) is 10.2 Å². The average molecular weight is 469 g/mol. The molecule has 0 radical (unpaired) electrons. The van der Waals surface area contributed by atoms with Crippen molar-refractivity contribution in [3.05, 3.63) is 83.8 Å². The molecule has 4 rings (SSSR count). The highest BCUT2D eigenvalue weighted by atomic mass is 32.2. The van der Waals surface area contributed by atoms with Gasteiger partial charge in [0.15, 0.2) is 15.6 Å². The number of carbonyl (C=O) groups is 1. The zero-order valence-electron chi connectivity index (χ0n) is 18.6. The summed E-state index contributed by atoms with van der Waals surface area (Å²) in [6.07, 6.45) is 2.24. The molecule has 0 saturated carbocycles. The maximum absolute atomic E-state index is 12.8. The molecule has 1 fully saturated rings. The van der Waals surface area contributed by atoms with E-state index >= 15 is 0 Å². The number of ether oxygens (including phenoxy) is 1. The van der Waals surface area contributed by atoms with E-state index in [0.717, 1.165) is 37.2 Å². The first-order chi connectivity index (χ1) is 16.0. The van der Waals surface area contributed by atoms with E-state index in [1.54, 1.807) is 37.4 Å². The minimum absolute atomic E-state index is 0.0273. The van der Waals surface area contributed by atoms with Gasteiger partial charge in [-0.3, -0.25) is 9.69 Å². The molecule has 174 valence electrons. The SMILES string of the molecule is COc1ccccc1C(CNC(=O)c1ccc(CS(=O)(=O)c2ccccc2)o1)N1CCCC1. The Labute approximate surface area is 194 Å². The summed E-state index contributed by atoms with van der Waals surface area (Å²) in [6.45, 7) is 2.30. The lowest BCUT2D eigenvalue weighted by atomic mass is 10.0. The number of hydrogen-bond donors (Lipinski definition) is 1. The van der Waals surface area contributed by atoms with Crippen LogP contribution in [0.5, 0.6) is 5.75 Å². The summed E-state index contributed by atoms with van der Waals surface area (Å²) in [5.74, 6) is 0.424. The largest absolute Gasteiger partial charge is 0.496 e. The number of furan rings is 1. The van der Waals surface area contributed by atoms with Gasteiger partial charge in [0.2, 0.25) is 0 Å². The third kappa shape index (κ3) is 5.46. The summed E-state index contributed by atoms with van der Waals surface area (Å²) >= 11 is 0. The van der Waals surface area contributed by atoms with E-state index in [1.807, 2.05) is 24.3 Å². The molecule has 0 spiro atoms. The van der Waals surface area contributed by atoms with Gasteiger partial charge < -0.3 is 14.5 Å². The average Bonchev–Trinajstić information content (AvgIpc) is 3.52. The zero-order valence-corrected chi connectivity index (χ0v) is 19.4. The van der Waals surface area contributed by atoms with Crippen molar-refractivity contribution < 1.29 is 22.4 Å². The monoisotopic (exact) mass is 468 g/mol. The Balaban J connectivity index is 1.45. The molecule has 1 aromatic heterocycles. The van der Waals surface area contributed by atoms with Gasteiger partial charge in [0.05, 0.1) is 18.0 Å². The van der Waals surface area contributed by atoms with Crippen LogP contribution in [-0.2, 0) is 15.6 Å². The molecule has 3 aromatic rings. The lowest BCUT2D eigenvalue weighted by Crippen LogP contribution is -2.36. The van der Waals surface area contributed by atoms with Gasteiger partial charge in [0, 0.05) is 12.1 Å². The minimum atomic E-state index is -3.55. The number of para-hydroxylation sites is 1. The second kappa shape index (κ2) is 10.2. The predicted molar refractivity (Wildman–Crippen MR) is 125 cm³/mol. The number of nitrogens with zero attached hydrogens (tertiary/aromatic N) is 1. The maximum Gasteiger partial charge on any atom is 0.287 e. The summed E-state index contributed by atoms with van der Waals surface area (Å²) in [5, 5.41) is 2.95. The molecule has 1 saturated heterocycles. The van der Waals surface area contributed by atoms with E-state index in [4.69, 9.17) is 9.15 Å². The Morgan fingerprint density at radius 3 is 2.45 bits per heavy atom. The molecular formula is C25H28N2O5S. The molecule has 1 N–H and O–H groups in total. The number of sulfone groups is 1. The Kier molecular flexibility index (Phi) is 7.15. The van der Waals surface area contributed by atoms with E-state index in [0.29, 0.717) is 6.54 Å². The highest BCUT2D eigenvalue weighted by Gasteiger charge is 2.27. The highest BCUT2D eigenvalue weighted by Crippen LogP contribution is 2.31. The van der Waals surface area contributed by atoms with Crippen LogP contribution in [0.3, 0.4) is 0 Å². The van der Waals surface area contributed by atoms with E-state index in [2.05, 4.69) is 10.2 Å². The van der Waals surface area contributed by atoms with Crippen LogP contribution >= 0.6 is 0 Å². The Bertz CT molecular complexity index is 1180. The number of hydrogen-bond acceptors (Lipinski definition) is 6. The van der Waals surface area contributed by atoms with Gasteiger partial charge in [0.25, 0.3) is 5.91 Å². The smallest absolute Gasteiger partial charge is 0.287 e. The molecule has 8 heteroatoms. The van der Waals surface area contributed by atoms with E-state index in [-0.39, 0.29) is 34.1 Å². The van der Waals surface area contributed by atoms with Gasteiger partial charge in [-0.2, -0.15) is 0 Å². The van der Waals surface area contributed by atoms with E-state index in [9.17, 15) is 13.2 Å². The summed E-state index contributed by atoms with van der Waals surface area (Å²) in [6, 6.07) is 19.1. The molecule has 1 aliphatic rings. The van der Waals surface area contributed by atoms with E-state index < -0.39 is 9.84 Å². The van der Waals surface area contributed by atoms with Crippen LogP contribution in [0.1, 0.15) is 40.8 Å².